The maximum atomic E-state index is 13.7. The molecule has 0 bridgehead atoms. The Balaban J connectivity index is 1.91. The van der Waals surface area contributed by atoms with Gasteiger partial charge in [-0.3, -0.25) is 9.69 Å². The van der Waals surface area contributed by atoms with E-state index >= 15 is 0 Å². The first-order valence-electron chi connectivity index (χ1n) is 9.78. The highest BCUT2D eigenvalue weighted by Gasteiger charge is 2.50. The molecule has 1 heterocycles. The van der Waals surface area contributed by atoms with Gasteiger partial charge in [0.1, 0.15) is 22.2 Å². The molecule has 6 nitrogen and oxygen atoms in total. The van der Waals surface area contributed by atoms with E-state index in [9.17, 15) is 17.6 Å². The molecule has 1 fully saturated rings. The first kappa shape index (κ1) is 22.8. The minimum Gasteiger partial charge on any atom is -0.497 e. The monoisotopic (exact) mass is 487 g/mol. The van der Waals surface area contributed by atoms with E-state index in [0.29, 0.717) is 27.8 Å². The van der Waals surface area contributed by atoms with E-state index in [-0.39, 0.29) is 5.56 Å². The number of hydrogen-bond acceptors (Lipinski definition) is 5. The van der Waals surface area contributed by atoms with Crippen LogP contribution in [0, 0.1) is 5.82 Å². The summed E-state index contributed by atoms with van der Waals surface area (Å²) in [7, 11) is -1.27. The van der Waals surface area contributed by atoms with Gasteiger partial charge in [-0.15, -0.1) is 0 Å². The van der Waals surface area contributed by atoms with Crippen LogP contribution in [0.4, 0.5) is 10.1 Å². The van der Waals surface area contributed by atoms with Crippen LogP contribution in [0.25, 0.3) is 6.08 Å². The van der Waals surface area contributed by atoms with Crippen molar-refractivity contribution in [2.75, 3.05) is 19.1 Å². The molecule has 1 amide bonds. The van der Waals surface area contributed by atoms with Crippen LogP contribution in [0.3, 0.4) is 0 Å². The molecule has 0 aliphatic carbocycles. The van der Waals surface area contributed by atoms with Crippen molar-refractivity contribution in [2.24, 2.45) is 0 Å². The fraction of sp³-hybridized carbons (Fsp3) is 0.125. The third kappa shape index (κ3) is 4.19. The predicted molar refractivity (Wildman–Crippen MR) is 125 cm³/mol. The summed E-state index contributed by atoms with van der Waals surface area (Å²) in [6, 6.07) is 16.1. The van der Waals surface area contributed by atoms with Gasteiger partial charge < -0.3 is 9.47 Å². The zero-order valence-corrected chi connectivity index (χ0v) is 19.2. The van der Waals surface area contributed by atoms with Crippen LogP contribution >= 0.6 is 11.6 Å². The quantitative estimate of drug-likeness (QED) is 0.474. The van der Waals surface area contributed by atoms with Gasteiger partial charge in [0.15, 0.2) is 5.37 Å². The van der Waals surface area contributed by atoms with E-state index < -0.39 is 31.8 Å². The Labute approximate surface area is 195 Å². The van der Waals surface area contributed by atoms with Crippen molar-refractivity contribution < 1.29 is 27.1 Å². The van der Waals surface area contributed by atoms with Gasteiger partial charge in [-0.25, -0.2) is 12.8 Å². The number of sulfone groups is 1. The second kappa shape index (κ2) is 8.88. The van der Waals surface area contributed by atoms with Gasteiger partial charge in [0.2, 0.25) is 9.84 Å². The van der Waals surface area contributed by atoms with Gasteiger partial charge in [-0.2, -0.15) is 0 Å². The van der Waals surface area contributed by atoms with Crippen LogP contribution in [0.2, 0.25) is 5.02 Å². The number of anilines is 1. The molecule has 33 heavy (non-hydrogen) atoms. The van der Waals surface area contributed by atoms with Gasteiger partial charge in [0, 0.05) is 22.3 Å². The normalized spacial score (nSPS) is 18.5. The molecule has 1 saturated heterocycles. The van der Waals surface area contributed by atoms with Crippen molar-refractivity contribution in [2.45, 2.75) is 5.37 Å². The number of benzene rings is 3. The Morgan fingerprint density at radius 2 is 1.64 bits per heavy atom. The number of carbonyl (C=O) groups is 1. The molecular weight excluding hydrogens is 469 g/mol. The van der Waals surface area contributed by atoms with Crippen LogP contribution in [-0.4, -0.2) is 28.5 Å². The van der Waals surface area contributed by atoms with Gasteiger partial charge in [0.25, 0.3) is 5.91 Å². The van der Waals surface area contributed by atoms with Crippen molar-refractivity contribution >= 4 is 39.1 Å². The number of halogens is 2. The van der Waals surface area contributed by atoms with Crippen molar-refractivity contribution in [3.8, 4) is 11.5 Å². The predicted octanol–water partition coefficient (Wildman–Crippen LogP) is 5.00. The molecule has 3 aromatic rings. The highest BCUT2D eigenvalue weighted by molar-refractivity contribution is 7.97. The molecule has 3 aromatic carbocycles. The third-order valence-corrected chi connectivity index (χ3v) is 7.48. The number of methoxy groups -OCH3 is 2. The van der Waals surface area contributed by atoms with E-state index in [1.165, 1.54) is 37.3 Å². The standard InChI is InChI=1S/C24H19ClFNO5S/c1-31-20-12-5-16(21(14-20)32-2)13-22-23(28)27(19-10-6-17(25)7-11-19)24(33(22,29)30)15-3-8-18(26)9-4-15/h3-14,24H,1-2H3/b22-13-/t24-/m0/s1. The van der Waals surface area contributed by atoms with Gasteiger partial charge in [-0.05, 0) is 60.2 Å². The lowest BCUT2D eigenvalue weighted by Gasteiger charge is -2.23. The molecule has 9 heteroatoms. The largest absolute Gasteiger partial charge is 0.497 e. The zero-order valence-electron chi connectivity index (χ0n) is 17.7. The number of nitrogens with zero attached hydrogens (tertiary/aromatic N) is 1. The molecule has 170 valence electrons. The number of amides is 1. The second-order valence-electron chi connectivity index (χ2n) is 7.22. The molecule has 0 N–H and O–H groups in total. The van der Waals surface area contributed by atoms with Gasteiger partial charge >= 0.3 is 0 Å². The molecular formula is C24H19ClFNO5S. The van der Waals surface area contributed by atoms with E-state index in [1.807, 2.05) is 0 Å². The summed E-state index contributed by atoms with van der Waals surface area (Å²) in [6.07, 6.45) is 1.28. The average Bonchev–Trinajstić information content (AvgIpc) is 3.00. The summed E-state index contributed by atoms with van der Waals surface area (Å²) >= 11 is 5.98. The Bertz CT molecular complexity index is 1340. The Morgan fingerprint density at radius 3 is 2.24 bits per heavy atom. The molecule has 0 saturated carbocycles. The molecule has 0 aromatic heterocycles. The molecule has 1 atom stereocenters. The van der Waals surface area contributed by atoms with Gasteiger partial charge in [0.05, 0.1) is 14.2 Å². The van der Waals surface area contributed by atoms with Crippen molar-refractivity contribution in [3.63, 3.8) is 0 Å². The summed E-state index contributed by atoms with van der Waals surface area (Å²) in [4.78, 5) is 14.3. The molecule has 1 aliphatic heterocycles. The van der Waals surface area contributed by atoms with Crippen LogP contribution in [0.15, 0.2) is 71.6 Å². The molecule has 0 radical (unpaired) electrons. The maximum absolute atomic E-state index is 13.7. The summed E-state index contributed by atoms with van der Waals surface area (Å²) < 4.78 is 51.4. The molecule has 0 spiro atoms. The summed E-state index contributed by atoms with van der Waals surface area (Å²) in [6.45, 7) is 0. The Kier molecular flexibility index (Phi) is 6.14. The van der Waals surface area contributed by atoms with E-state index in [4.69, 9.17) is 21.1 Å². The number of ether oxygens (including phenoxy) is 2. The lowest BCUT2D eigenvalue weighted by atomic mass is 10.1. The van der Waals surface area contributed by atoms with Crippen molar-refractivity contribution in [1.82, 2.24) is 0 Å². The maximum Gasteiger partial charge on any atom is 0.271 e. The van der Waals surface area contributed by atoms with E-state index in [0.717, 1.165) is 12.1 Å². The second-order valence-corrected chi connectivity index (χ2v) is 9.63. The molecule has 4 rings (SSSR count). The van der Waals surface area contributed by atoms with Gasteiger partial charge in [-0.1, -0.05) is 23.7 Å². The third-order valence-electron chi connectivity index (χ3n) is 5.25. The Hall–Kier alpha value is -3.36. The summed E-state index contributed by atoms with van der Waals surface area (Å²) in [5.74, 6) is -0.378. The minimum absolute atomic E-state index is 0.254. The lowest BCUT2D eigenvalue weighted by Crippen LogP contribution is -2.28. The van der Waals surface area contributed by atoms with E-state index in [2.05, 4.69) is 0 Å². The highest BCUT2D eigenvalue weighted by Crippen LogP contribution is 2.44. The minimum atomic E-state index is -4.19. The number of rotatable bonds is 5. The lowest BCUT2D eigenvalue weighted by molar-refractivity contribution is -0.114. The van der Waals surface area contributed by atoms with Crippen LogP contribution < -0.4 is 14.4 Å². The van der Waals surface area contributed by atoms with Crippen LogP contribution in [-0.2, 0) is 14.6 Å². The topological polar surface area (TPSA) is 72.9 Å². The number of carbonyl (C=O) groups excluding carboxylic acids is 1. The smallest absolute Gasteiger partial charge is 0.271 e. The van der Waals surface area contributed by atoms with Crippen molar-refractivity contribution in [3.05, 3.63) is 93.6 Å². The fourth-order valence-electron chi connectivity index (χ4n) is 3.64. The zero-order chi connectivity index (χ0) is 23.8. The van der Waals surface area contributed by atoms with Crippen LogP contribution in [0.1, 0.15) is 16.5 Å². The Morgan fingerprint density at radius 1 is 0.970 bits per heavy atom. The SMILES string of the molecule is COc1ccc(/C=C2/C(=O)N(c3ccc(Cl)cc3)[C@H](c3ccc(F)cc3)S2(=O)=O)c(OC)c1. The van der Waals surface area contributed by atoms with Crippen LogP contribution in [0.5, 0.6) is 11.5 Å². The first-order chi connectivity index (χ1) is 15.8. The first-order valence-corrected chi connectivity index (χ1v) is 11.7. The average molecular weight is 488 g/mol. The molecule has 0 unspecified atom stereocenters. The summed E-state index contributed by atoms with van der Waals surface area (Å²) in [5.41, 5.74) is 0.984. The van der Waals surface area contributed by atoms with Crippen molar-refractivity contribution in [1.29, 1.82) is 0 Å². The highest BCUT2D eigenvalue weighted by atomic mass is 35.5. The van der Waals surface area contributed by atoms with E-state index in [1.54, 1.807) is 42.5 Å². The molecule has 1 aliphatic rings. The number of hydrogen-bond donors (Lipinski definition) is 0. The fourth-order valence-corrected chi connectivity index (χ4v) is 5.65. The summed E-state index contributed by atoms with van der Waals surface area (Å²) in [5, 5.41) is -0.937.